The third-order valence-corrected chi connectivity index (χ3v) is 3.49. The summed E-state index contributed by atoms with van der Waals surface area (Å²) >= 11 is 0.981. The van der Waals surface area contributed by atoms with Gasteiger partial charge in [0.1, 0.15) is 10.6 Å². The first-order valence-corrected chi connectivity index (χ1v) is 5.48. The smallest absolute Gasteiger partial charge is 0.319 e. The van der Waals surface area contributed by atoms with Crippen LogP contribution in [0.3, 0.4) is 0 Å². The second-order valence-electron chi connectivity index (χ2n) is 3.47. The van der Waals surface area contributed by atoms with Crippen molar-refractivity contribution in [1.29, 1.82) is 0 Å². The Morgan fingerprint density at radius 3 is 2.81 bits per heavy atom. The van der Waals surface area contributed by atoms with Gasteiger partial charge >= 0.3 is 5.97 Å². The highest BCUT2D eigenvalue weighted by Gasteiger charge is 2.33. The van der Waals surface area contributed by atoms with Crippen LogP contribution in [0.2, 0.25) is 0 Å². The number of carboxylic acids is 1. The number of carbonyl (C=O) groups is 1. The van der Waals surface area contributed by atoms with Crippen LogP contribution >= 0.6 is 11.8 Å². The molecule has 6 nitrogen and oxygen atoms in total. The van der Waals surface area contributed by atoms with E-state index in [0.717, 1.165) is 17.8 Å². The number of hydrogen-bond donors (Lipinski definition) is 3. The minimum absolute atomic E-state index is 0.0788. The van der Waals surface area contributed by atoms with Gasteiger partial charge < -0.3 is 15.8 Å². The molecule has 0 radical (unpaired) electrons. The molecule has 88 valence electrons. The highest BCUT2D eigenvalue weighted by atomic mass is 32.2. The largest absolute Gasteiger partial charge is 0.480 e. The Bertz CT molecular complexity index is 460. The molecule has 0 aliphatic rings. The molecule has 0 saturated carbocycles. The fourth-order valence-corrected chi connectivity index (χ4v) is 1.94. The number of H-pyrrole nitrogens is 1. The topological polar surface area (TPSA) is 109 Å². The molecule has 1 aromatic heterocycles. The maximum Gasteiger partial charge on any atom is 0.319 e. The van der Waals surface area contributed by atoms with Gasteiger partial charge in [-0.05, 0) is 13.3 Å². The maximum absolute atomic E-state index is 11.1. The first-order chi connectivity index (χ1) is 7.37. The van der Waals surface area contributed by atoms with Gasteiger partial charge in [-0.2, -0.15) is 0 Å². The van der Waals surface area contributed by atoms with E-state index < -0.39 is 10.7 Å². The molecule has 0 spiro atoms. The quantitative estimate of drug-likeness (QED) is 0.530. The molecule has 0 aromatic carbocycles. The number of nitrogen functional groups attached to an aromatic ring is 1. The lowest BCUT2D eigenvalue weighted by Gasteiger charge is -2.21. The van der Waals surface area contributed by atoms with E-state index in [9.17, 15) is 9.59 Å². The van der Waals surface area contributed by atoms with Crippen molar-refractivity contribution in [3.8, 4) is 0 Å². The van der Waals surface area contributed by atoms with Gasteiger partial charge in [0, 0.05) is 6.07 Å². The molecule has 4 N–H and O–H groups in total. The van der Waals surface area contributed by atoms with E-state index in [0.29, 0.717) is 6.42 Å². The minimum atomic E-state index is -1.02. The zero-order valence-corrected chi connectivity index (χ0v) is 9.80. The van der Waals surface area contributed by atoms with Crippen LogP contribution in [0.25, 0.3) is 0 Å². The average Bonchev–Trinajstić information content (AvgIpc) is 2.15. The van der Waals surface area contributed by atoms with Crippen molar-refractivity contribution in [3.63, 3.8) is 0 Å². The first kappa shape index (κ1) is 12.6. The van der Waals surface area contributed by atoms with Gasteiger partial charge in [-0.25, -0.2) is 4.98 Å². The van der Waals surface area contributed by atoms with Crippen molar-refractivity contribution in [3.05, 3.63) is 16.4 Å². The molecule has 1 unspecified atom stereocenters. The van der Waals surface area contributed by atoms with E-state index in [1.165, 1.54) is 0 Å². The van der Waals surface area contributed by atoms with Crippen molar-refractivity contribution < 1.29 is 9.90 Å². The summed E-state index contributed by atoms with van der Waals surface area (Å²) in [5.41, 5.74) is 5.01. The second-order valence-corrected chi connectivity index (χ2v) is 4.96. The molecular formula is C9H13N3O3S. The third kappa shape index (κ3) is 2.75. The highest BCUT2D eigenvalue weighted by Crippen LogP contribution is 2.33. The van der Waals surface area contributed by atoms with E-state index in [1.807, 2.05) is 0 Å². The molecule has 1 aromatic rings. The van der Waals surface area contributed by atoms with Gasteiger partial charge in [0.25, 0.3) is 5.56 Å². The molecule has 1 heterocycles. The number of aromatic nitrogens is 2. The Labute approximate surface area is 96.3 Å². The fraction of sp³-hybridized carbons (Fsp3) is 0.444. The Kier molecular flexibility index (Phi) is 3.58. The fourth-order valence-electron chi connectivity index (χ4n) is 0.982. The monoisotopic (exact) mass is 243 g/mol. The molecule has 1 rings (SSSR count). The Morgan fingerprint density at radius 2 is 2.38 bits per heavy atom. The van der Waals surface area contributed by atoms with Crippen LogP contribution in [0, 0.1) is 0 Å². The number of hydrogen-bond acceptors (Lipinski definition) is 5. The molecule has 0 bridgehead atoms. The van der Waals surface area contributed by atoms with E-state index in [1.54, 1.807) is 13.8 Å². The van der Waals surface area contributed by atoms with Gasteiger partial charge in [0.05, 0.1) is 0 Å². The standard InChI is InChI=1S/C9H13N3O3S/c1-3-9(2,7(14)15)16-8-11-5(10)4-6(13)12-8/h4H,3H2,1-2H3,(H,14,15)(H3,10,11,12,13). The van der Waals surface area contributed by atoms with Crippen molar-refractivity contribution in [2.75, 3.05) is 5.73 Å². The second kappa shape index (κ2) is 4.56. The number of carboxylic acid groups (broad SMARTS) is 1. The molecule has 1 atom stereocenters. The maximum atomic E-state index is 11.1. The summed E-state index contributed by atoms with van der Waals surface area (Å²) in [5.74, 6) is -0.875. The molecule has 16 heavy (non-hydrogen) atoms. The van der Waals surface area contributed by atoms with Crippen LogP contribution in [0.15, 0.2) is 16.0 Å². The van der Waals surface area contributed by atoms with E-state index in [4.69, 9.17) is 10.8 Å². The summed E-state index contributed by atoms with van der Waals surface area (Å²) in [6.45, 7) is 3.33. The molecule has 7 heteroatoms. The molecule has 0 saturated heterocycles. The third-order valence-electron chi connectivity index (χ3n) is 2.19. The van der Waals surface area contributed by atoms with Crippen LogP contribution in [-0.2, 0) is 4.79 Å². The summed E-state index contributed by atoms with van der Waals surface area (Å²) in [6, 6.07) is 1.15. The number of nitrogens with zero attached hydrogens (tertiary/aromatic N) is 1. The van der Waals surface area contributed by atoms with Gasteiger partial charge in [-0.15, -0.1) is 0 Å². The lowest BCUT2D eigenvalue weighted by atomic mass is 10.1. The summed E-state index contributed by atoms with van der Waals surface area (Å²) in [7, 11) is 0. The van der Waals surface area contributed by atoms with Crippen molar-refractivity contribution in [2.45, 2.75) is 30.2 Å². The van der Waals surface area contributed by atoms with Gasteiger partial charge in [-0.3, -0.25) is 9.59 Å². The van der Waals surface area contributed by atoms with Crippen molar-refractivity contribution in [2.24, 2.45) is 0 Å². The number of aliphatic carboxylic acids is 1. The zero-order valence-electron chi connectivity index (χ0n) is 8.98. The van der Waals surface area contributed by atoms with Gasteiger partial charge in [0.2, 0.25) is 0 Å². The Balaban J connectivity index is 3.03. The molecular weight excluding hydrogens is 230 g/mol. The zero-order chi connectivity index (χ0) is 12.3. The predicted molar refractivity (Wildman–Crippen MR) is 61.5 cm³/mol. The summed E-state index contributed by atoms with van der Waals surface area (Å²) < 4.78 is -1.02. The van der Waals surface area contributed by atoms with E-state index in [2.05, 4.69) is 9.97 Å². The molecule has 0 amide bonds. The van der Waals surface area contributed by atoms with E-state index >= 15 is 0 Å². The van der Waals surface area contributed by atoms with Crippen LogP contribution < -0.4 is 11.3 Å². The summed E-state index contributed by atoms with van der Waals surface area (Å²) in [6.07, 6.45) is 0.408. The number of thioether (sulfide) groups is 1. The molecule has 0 aliphatic heterocycles. The van der Waals surface area contributed by atoms with Gasteiger partial charge in [0.15, 0.2) is 5.16 Å². The summed E-state index contributed by atoms with van der Waals surface area (Å²) in [4.78, 5) is 28.5. The lowest BCUT2D eigenvalue weighted by molar-refractivity contribution is -0.139. The van der Waals surface area contributed by atoms with Gasteiger partial charge in [-0.1, -0.05) is 18.7 Å². The average molecular weight is 243 g/mol. The SMILES string of the molecule is CCC(C)(Sc1nc(N)cc(=O)[nH]1)C(=O)O. The number of nitrogens with two attached hydrogens (primary N) is 1. The Morgan fingerprint density at radius 1 is 1.75 bits per heavy atom. The first-order valence-electron chi connectivity index (χ1n) is 4.66. The van der Waals surface area contributed by atoms with Crippen LogP contribution in [-0.4, -0.2) is 25.8 Å². The number of rotatable bonds is 4. The predicted octanol–water partition coefficient (Wildman–Crippen LogP) is 0.697. The lowest BCUT2D eigenvalue weighted by Crippen LogP contribution is -2.31. The van der Waals surface area contributed by atoms with Crippen LogP contribution in [0.1, 0.15) is 20.3 Å². The van der Waals surface area contributed by atoms with Crippen molar-refractivity contribution >= 4 is 23.5 Å². The van der Waals surface area contributed by atoms with Crippen LogP contribution in [0.5, 0.6) is 0 Å². The highest BCUT2D eigenvalue weighted by molar-refractivity contribution is 8.01. The van der Waals surface area contributed by atoms with E-state index in [-0.39, 0.29) is 16.5 Å². The van der Waals surface area contributed by atoms with Crippen LogP contribution in [0.4, 0.5) is 5.82 Å². The molecule has 0 aliphatic carbocycles. The number of anilines is 1. The molecule has 0 fully saturated rings. The summed E-state index contributed by atoms with van der Waals surface area (Å²) in [5, 5.41) is 9.28. The minimum Gasteiger partial charge on any atom is -0.480 e. The number of aromatic amines is 1. The Hall–Kier alpha value is -1.50. The number of nitrogens with one attached hydrogen (secondary N) is 1. The normalized spacial score (nSPS) is 14.4. The van der Waals surface area contributed by atoms with Crippen molar-refractivity contribution in [1.82, 2.24) is 9.97 Å².